The Morgan fingerprint density at radius 1 is 1.04 bits per heavy atom. The Kier molecular flexibility index (Phi) is 5.47. The molecule has 0 atom stereocenters. The quantitative estimate of drug-likeness (QED) is 0.211. The summed E-state index contributed by atoms with van der Waals surface area (Å²) in [7, 11) is 0. The van der Waals surface area contributed by atoms with Gasteiger partial charge < -0.3 is 5.11 Å². The normalized spacial score (nSPS) is 11.5. The zero-order chi connectivity index (χ0) is 18.4. The Morgan fingerprint density at radius 2 is 1.60 bits per heavy atom. The average Bonchev–Trinajstić information content (AvgIpc) is 2.62. The van der Waals surface area contributed by atoms with Crippen molar-refractivity contribution in [2.45, 2.75) is 6.92 Å². The summed E-state index contributed by atoms with van der Waals surface area (Å²) >= 11 is 0. The van der Waals surface area contributed by atoms with Crippen LogP contribution in [-0.4, -0.2) is 21.6 Å². The first kappa shape index (κ1) is 17.7. The number of ketones is 2. The number of nitro groups is 1. The van der Waals surface area contributed by atoms with Crippen molar-refractivity contribution in [3.8, 4) is 0 Å². The lowest BCUT2D eigenvalue weighted by atomic mass is 10.1. The van der Waals surface area contributed by atoms with Crippen LogP contribution in [0.4, 0.5) is 11.4 Å². The summed E-state index contributed by atoms with van der Waals surface area (Å²) in [4.78, 5) is 33.5. The Morgan fingerprint density at radius 3 is 2.08 bits per heavy atom. The van der Waals surface area contributed by atoms with Crippen LogP contribution in [0.3, 0.4) is 0 Å². The fourth-order valence-electron chi connectivity index (χ4n) is 1.89. The van der Waals surface area contributed by atoms with Crippen LogP contribution in [0.25, 0.3) is 0 Å². The van der Waals surface area contributed by atoms with E-state index in [2.05, 4.69) is 10.2 Å². The van der Waals surface area contributed by atoms with Gasteiger partial charge in [0.1, 0.15) is 6.26 Å². The molecule has 25 heavy (non-hydrogen) atoms. The van der Waals surface area contributed by atoms with Crippen molar-refractivity contribution in [3.63, 3.8) is 0 Å². The fourth-order valence-corrected chi connectivity index (χ4v) is 1.89. The zero-order valence-electron chi connectivity index (χ0n) is 13.1. The molecule has 0 aliphatic carbocycles. The van der Waals surface area contributed by atoms with E-state index in [-0.39, 0.29) is 28.4 Å². The summed E-state index contributed by atoms with van der Waals surface area (Å²) in [5.41, 5.74) is 0.559. The number of carbonyl (C=O) groups is 2. The van der Waals surface area contributed by atoms with Crippen molar-refractivity contribution < 1.29 is 19.6 Å². The third-order valence-corrected chi connectivity index (χ3v) is 3.24. The smallest absolute Gasteiger partial charge is 0.269 e. The van der Waals surface area contributed by atoms with Crippen LogP contribution < -0.4 is 0 Å². The lowest BCUT2D eigenvalue weighted by Gasteiger charge is -2.01. The van der Waals surface area contributed by atoms with Crippen molar-refractivity contribution in [2.75, 3.05) is 0 Å². The van der Waals surface area contributed by atoms with Gasteiger partial charge in [-0.1, -0.05) is 24.3 Å². The third-order valence-electron chi connectivity index (χ3n) is 3.24. The maximum absolute atomic E-state index is 12.3. The summed E-state index contributed by atoms with van der Waals surface area (Å²) in [6.45, 7) is 1.41. The molecule has 0 fully saturated rings. The third kappa shape index (κ3) is 4.41. The molecule has 0 aliphatic rings. The molecule has 0 heterocycles. The van der Waals surface area contributed by atoms with Crippen molar-refractivity contribution in [1.82, 2.24) is 0 Å². The fraction of sp³-hybridized carbons (Fsp3) is 0.0588. The van der Waals surface area contributed by atoms with E-state index in [1.165, 1.54) is 55.5 Å². The van der Waals surface area contributed by atoms with Gasteiger partial charge in [0.2, 0.25) is 5.78 Å². The van der Waals surface area contributed by atoms with E-state index in [9.17, 15) is 24.8 Å². The monoisotopic (exact) mass is 339 g/mol. The molecule has 2 aromatic carbocycles. The van der Waals surface area contributed by atoms with E-state index in [0.29, 0.717) is 11.8 Å². The van der Waals surface area contributed by atoms with Crippen molar-refractivity contribution in [1.29, 1.82) is 0 Å². The number of nitro benzene ring substituents is 1. The SMILES string of the molecule is CC(=O)c1ccc(C(=O)/C(=C/O)N=Nc2ccc([N+](=O)[O-])cc2)cc1. The second-order valence-corrected chi connectivity index (χ2v) is 4.95. The number of rotatable bonds is 6. The molecule has 8 heteroatoms. The summed E-state index contributed by atoms with van der Waals surface area (Å²) < 4.78 is 0. The first-order chi connectivity index (χ1) is 11.9. The van der Waals surface area contributed by atoms with Gasteiger partial charge in [-0.3, -0.25) is 19.7 Å². The van der Waals surface area contributed by atoms with Crippen molar-refractivity contribution in [3.05, 3.63) is 81.7 Å². The number of nitrogens with zero attached hydrogens (tertiary/aromatic N) is 3. The number of aliphatic hydroxyl groups is 1. The van der Waals surface area contributed by atoms with E-state index < -0.39 is 10.7 Å². The second kappa shape index (κ2) is 7.73. The minimum absolute atomic E-state index is 0.0986. The minimum Gasteiger partial charge on any atom is -0.513 e. The number of azo groups is 1. The highest BCUT2D eigenvalue weighted by molar-refractivity contribution is 6.08. The van der Waals surface area contributed by atoms with E-state index in [1.54, 1.807) is 0 Å². The Bertz CT molecular complexity index is 868. The highest BCUT2D eigenvalue weighted by Gasteiger charge is 2.13. The lowest BCUT2D eigenvalue weighted by molar-refractivity contribution is -0.384. The van der Waals surface area contributed by atoms with Crippen LogP contribution in [0.1, 0.15) is 27.6 Å². The number of hydrogen-bond donors (Lipinski definition) is 1. The molecule has 0 saturated carbocycles. The maximum atomic E-state index is 12.3. The van der Waals surface area contributed by atoms with Crippen LogP contribution in [-0.2, 0) is 0 Å². The molecule has 0 saturated heterocycles. The topological polar surface area (TPSA) is 122 Å². The number of carbonyl (C=O) groups excluding carboxylic acids is 2. The van der Waals surface area contributed by atoms with Crippen LogP contribution in [0.15, 0.2) is 70.7 Å². The Balaban J connectivity index is 2.17. The molecule has 8 nitrogen and oxygen atoms in total. The van der Waals surface area contributed by atoms with E-state index >= 15 is 0 Å². The van der Waals surface area contributed by atoms with Gasteiger partial charge >= 0.3 is 0 Å². The molecule has 126 valence electrons. The molecule has 0 spiro atoms. The summed E-state index contributed by atoms with van der Waals surface area (Å²) in [5.74, 6) is -0.710. The van der Waals surface area contributed by atoms with Crippen LogP contribution >= 0.6 is 0 Å². The summed E-state index contributed by atoms with van der Waals surface area (Å²) in [5, 5.41) is 27.2. The standard InChI is InChI=1S/C17H13N3O5/c1-11(22)12-2-4-13(5-3-12)17(23)16(10-21)19-18-14-6-8-15(9-7-14)20(24)25/h2-10,21H,1H3/b16-10-,19-18?. The van der Waals surface area contributed by atoms with Gasteiger partial charge in [0.05, 0.1) is 10.6 Å². The lowest BCUT2D eigenvalue weighted by Crippen LogP contribution is -2.02. The molecule has 0 aromatic heterocycles. The molecule has 0 amide bonds. The van der Waals surface area contributed by atoms with Gasteiger partial charge in [-0.2, -0.15) is 5.11 Å². The van der Waals surface area contributed by atoms with Crippen LogP contribution in [0, 0.1) is 10.1 Å². The minimum atomic E-state index is -0.580. The predicted molar refractivity (Wildman–Crippen MR) is 89.1 cm³/mol. The van der Waals surface area contributed by atoms with Gasteiger partial charge in [0.15, 0.2) is 11.5 Å². The number of non-ortho nitro benzene ring substituents is 1. The van der Waals surface area contributed by atoms with Crippen LogP contribution in [0.2, 0.25) is 0 Å². The molecule has 0 radical (unpaired) electrons. The number of hydrogen-bond acceptors (Lipinski definition) is 7. The number of Topliss-reactive ketones (excluding diaryl/α,β-unsaturated/α-hetero) is 2. The molecule has 2 aromatic rings. The number of benzene rings is 2. The molecule has 1 N–H and O–H groups in total. The van der Waals surface area contributed by atoms with Crippen molar-refractivity contribution in [2.24, 2.45) is 10.2 Å². The number of aliphatic hydroxyl groups excluding tert-OH is 1. The summed E-state index contributed by atoms with van der Waals surface area (Å²) in [6, 6.07) is 11.1. The van der Waals surface area contributed by atoms with Gasteiger partial charge in [-0.15, -0.1) is 5.11 Å². The van der Waals surface area contributed by atoms with Gasteiger partial charge in [0, 0.05) is 23.3 Å². The highest BCUT2D eigenvalue weighted by Crippen LogP contribution is 2.20. The van der Waals surface area contributed by atoms with Gasteiger partial charge in [-0.05, 0) is 19.1 Å². The highest BCUT2D eigenvalue weighted by atomic mass is 16.6. The molecular formula is C17H13N3O5. The van der Waals surface area contributed by atoms with E-state index in [0.717, 1.165) is 0 Å². The van der Waals surface area contributed by atoms with E-state index in [4.69, 9.17) is 0 Å². The molecule has 0 bridgehead atoms. The predicted octanol–water partition coefficient (Wildman–Crippen LogP) is 4.16. The zero-order valence-corrected chi connectivity index (χ0v) is 13.1. The van der Waals surface area contributed by atoms with Gasteiger partial charge in [0.25, 0.3) is 5.69 Å². The first-order valence-corrected chi connectivity index (χ1v) is 7.08. The summed E-state index contributed by atoms with van der Waals surface area (Å²) in [6.07, 6.45) is 0.524. The van der Waals surface area contributed by atoms with Gasteiger partial charge in [-0.25, -0.2) is 0 Å². The van der Waals surface area contributed by atoms with Crippen LogP contribution in [0.5, 0.6) is 0 Å². The van der Waals surface area contributed by atoms with E-state index in [1.807, 2.05) is 0 Å². The molecule has 2 rings (SSSR count). The largest absolute Gasteiger partial charge is 0.513 e. The molecule has 0 aliphatic heterocycles. The average molecular weight is 339 g/mol. The second-order valence-electron chi connectivity index (χ2n) is 4.95. The number of allylic oxidation sites excluding steroid dienone is 1. The molecular weight excluding hydrogens is 326 g/mol. The molecule has 0 unspecified atom stereocenters. The first-order valence-electron chi connectivity index (χ1n) is 7.08. The Labute approximate surface area is 142 Å². The van der Waals surface area contributed by atoms with Crippen molar-refractivity contribution >= 4 is 22.9 Å². The maximum Gasteiger partial charge on any atom is 0.269 e. The Hall–Kier alpha value is -3.68.